The molecule has 1 atom stereocenters. The number of carbonyl (C=O) groups is 1. The van der Waals surface area contributed by atoms with E-state index < -0.39 is 15.9 Å². The van der Waals surface area contributed by atoms with Crippen LogP contribution in [0.4, 0.5) is 5.69 Å². The topological polar surface area (TPSA) is 75.7 Å². The number of anilines is 1. The average Bonchev–Trinajstić information content (AvgIpc) is 2.82. The summed E-state index contributed by atoms with van der Waals surface area (Å²) in [6.07, 6.45) is 0. The molecule has 0 aliphatic carbocycles. The Bertz CT molecular complexity index is 1340. The van der Waals surface area contributed by atoms with Gasteiger partial charge in [0, 0.05) is 5.02 Å². The molecule has 0 fully saturated rings. The van der Waals surface area contributed by atoms with Crippen LogP contribution in [-0.2, 0) is 14.8 Å². The number of carbonyl (C=O) groups excluding carboxylic acids is 1. The molecule has 8 heteroatoms. The Morgan fingerprint density at radius 1 is 0.972 bits per heavy atom. The number of nitrogens with one attached hydrogen (secondary N) is 1. The largest absolute Gasteiger partial charge is 0.496 e. The van der Waals surface area contributed by atoms with Gasteiger partial charge in [-0.05, 0) is 91.4 Å². The fourth-order valence-electron chi connectivity index (χ4n) is 4.18. The van der Waals surface area contributed by atoms with Crippen molar-refractivity contribution in [1.82, 2.24) is 5.32 Å². The van der Waals surface area contributed by atoms with Crippen LogP contribution in [0.5, 0.6) is 5.75 Å². The van der Waals surface area contributed by atoms with E-state index in [4.69, 9.17) is 16.3 Å². The molecule has 6 nitrogen and oxygen atoms in total. The lowest BCUT2D eigenvalue weighted by atomic mass is 9.93. The lowest BCUT2D eigenvalue weighted by Crippen LogP contribution is -2.42. The van der Waals surface area contributed by atoms with E-state index in [9.17, 15) is 13.2 Å². The Morgan fingerprint density at radius 2 is 1.61 bits per heavy atom. The molecule has 0 radical (unpaired) electrons. The molecule has 192 valence electrons. The monoisotopic (exact) mass is 528 g/mol. The molecule has 3 rings (SSSR count). The maximum absolute atomic E-state index is 13.6. The van der Waals surface area contributed by atoms with E-state index in [1.54, 1.807) is 19.2 Å². The van der Waals surface area contributed by atoms with Gasteiger partial charge in [0.05, 0.1) is 23.7 Å². The van der Waals surface area contributed by atoms with Crippen LogP contribution in [0.15, 0.2) is 65.6 Å². The molecule has 0 unspecified atom stereocenters. The molecule has 3 aromatic rings. The number of methoxy groups -OCH3 is 1. The number of halogens is 1. The number of hydrogen-bond acceptors (Lipinski definition) is 4. The summed E-state index contributed by atoms with van der Waals surface area (Å²) >= 11 is 5.97. The molecule has 0 aromatic heterocycles. The summed E-state index contributed by atoms with van der Waals surface area (Å²) in [7, 11) is -2.38. The number of amides is 1. The lowest BCUT2D eigenvalue weighted by Gasteiger charge is -2.27. The van der Waals surface area contributed by atoms with Crippen molar-refractivity contribution in [3.05, 3.63) is 87.9 Å². The normalized spacial score (nSPS) is 12.3. The van der Waals surface area contributed by atoms with Gasteiger partial charge in [0.2, 0.25) is 5.91 Å². The fraction of sp³-hybridized carbons (Fsp3) is 0.321. The van der Waals surface area contributed by atoms with Crippen molar-refractivity contribution >= 4 is 33.2 Å². The van der Waals surface area contributed by atoms with E-state index in [0.29, 0.717) is 10.7 Å². The maximum atomic E-state index is 13.6. The highest BCUT2D eigenvalue weighted by atomic mass is 35.5. The van der Waals surface area contributed by atoms with Crippen molar-refractivity contribution in [1.29, 1.82) is 0 Å². The van der Waals surface area contributed by atoms with E-state index in [2.05, 4.69) is 19.2 Å². The number of aryl methyl sites for hydroxylation is 2. The van der Waals surface area contributed by atoms with Crippen LogP contribution in [0.25, 0.3) is 0 Å². The summed E-state index contributed by atoms with van der Waals surface area (Å²) in [6, 6.07) is 16.7. The van der Waals surface area contributed by atoms with Crippen LogP contribution >= 0.6 is 11.6 Å². The molecule has 0 saturated carbocycles. The number of benzene rings is 3. The Kier molecular flexibility index (Phi) is 8.69. The van der Waals surface area contributed by atoms with Gasteiger partial charge in [-0.2, -0.15) is 0 Å². The quantitative estimate of drug-likeness (QED) is 0.361. The zero-order valence-electron chi connectivity index (χ0n) is 21.5. The summed E-state index contributed by atoms with van der Waals surface area (Å²) in [5.41, 5.74) is 4.16. The first-order valence-corrected chi connectivity index (χ1v) is 13.6. The minimum Gasteiger partial charge on any atom is -0.496 e. The highest BCUT2D eigenvalue weighted by Gasteiger charge is 2.29. The van der Waals surface area contributed by atoms with Crippen LogP contribution in [0.1, 0.15) is 55.0 Å². The first-order chi connectivity index (χ1) is 16.9. The van der Waals surface area contributed by atoms with Crippen LogP contribution < -0.4 is 14.4 Å². The molecular formula is C28H33ClN2O4S. The Labute approximate surface area is 219 Å². The third-order valence-electron chi connectivity index (χ3n) is 6.16. The average molecular weight is 529 g/mol. The van der Waals surface area contributed by atoms with Crippen molar-refractivity contribution in [3.8, 4) is 5.75 Å². The van der Waals surface area contributed by atoms with Gasteiger partial charge in [-0.3, -0.25) is 9.10 Å². The van der Waals surface area contributed by atoms with Gasteiger partial charge < -0.3 is 10.1 Å². The van der Waals surface area contributed by atoms with Gasteiger partial charge in [0.1, 0.15) is 12.3 Å². The van der Waals surface area contributed by atoms with E-state index in [-0.39, 0.29) is 23.4 Å². The molecule has 3 aromatic carbocycles. The second-order valence-electron chi connectivity index (χ2n) is 9.15. The molecule has 0 heterocycles. The third-order valence-corrected chi connectivity index (χ3v) is 8.18. The number of sulfonamides is 1. The molecule has 1 amide bonds. The van der Waals surface area contributed by atoms with Crippen molar-refractivity contribution in [2.24, 2.45) is 0 Å². The summed E-state index contributed by atoms with van der Waals surface area (Å²) in [4.78, 5) is 13.3. The first-order valence-electron chi connectivity index (χ1n) is 11.8. The van der Waals surface area contributed by atoms with Crippen LogP contribution in [0.2, 0.25) is 5.02 Å². The number of rotatable bonds is 9. The molecule has 0 aliphatic rings. The van der Waals surface area contributed by atoms with Crippen molar-refractivity contribution < 1.29 is 17.9 Å². The molecule has 0 bridgehead atoms. The minimum atomic E-state index is -4.03. The fourth-order valence-corrected chi connectivity index (χ4v) is 5.79. The summed E-state index contributed by atoms with van der Waals surface area (Å²) in [5.74, 6) is 0.637. The van der Waals surface area contributed by atoms with Gasteiger partial charge >= 0.3 is 0 Å². The minimum absolute atomic E-state index is 0.0589. The second-order valence-corrected chi connectivity index (χ2v) is 11.4. The van der Waals surface area contributed by atoms with Crippen LogP contribution in [-0.4, -0.2) is 28.0 Å². The predicted octanol–water partition coefficient (Wildman–Crippen LogP) is 6.16. The highest BCUT2D eigenvalue weighted by Crippen LogP contribution is 2.32. The van der Waals surface area contributed by atoms with E-state index in [0.717, 1.165) is 32.3 Å². The maximum Gasteiger partial charge on any atom is 0.264 e. The van der Waals surface area contributed by atoms with E-state index >= 15 is 0 Å². The first kappa shape index (κ1) is 27.6. The Hall–Kier alpha value is -3.03. The van der Waals surface area contributed by atoms with Crippen molar-refractivity contribution in [2.75, 3.05) is 18.0 Å². The molecule has 0 spiro atoms. The van der Waals surface area contributed by atoms with Crippen LogP contribution in [0, 0.1) is 13.8 Å². The number of para-hydroxylation sites is 1. The number of hydrogen-bond donors (Lipinski definition) is 1. The SMILES string of the molecule is COc1cc(C)c([C@H](C)NC(=O)CN(c2ccccc2C)S(=O)(=O)c2ccc(Cl)cc2)cc1C(C)C. The summed E-state index contributed by atoms with van der Waals surface area (Å²) < 4.78 is 33.9. The zero-order valence-corrected chi connectivity index (χ0v) is 23.1. The standard InChI is InChI=1S/C28H33ClN2O4S/c1-18(2)24-16-25(20(4)15-27(24)35-6)21(5)30-28(32)17-31(26-10-8-7-9-19(26)3)36(33,34)23-13-11-22(29)12-14-23/h7-16,18,21H,17H2,1-6H3,(H,30,32)/t21-/m0/s1. The molecular weight excluding hydrogens is 496 g/mol. The Balaban J connectivity index is 1.93. The number of ether oxygens (including phenoxy) is 1. The predicted molar refractivity (Wildman–Crippen MR) is 146 cm³/mol. The molecule has 36 heavy (non-hydrogen) atoms. The van der Waals surface area contributed by atoms with Gasteiger partial charge in [0.25, 0.3) is 10.0 Å². The zero-order chi connectivity index (χ0) is 26.6. The van der Waals surface area contributed by atoms with Gasteiger partial charge in [-0.1, -0.05) is 43.6 Å². The van der Waals surface area contributed by atoms with Gasteiger partial charge in [-0.15, -0.1) is 0 Å². The molecule has 1 N–H and O–H groups in total. The second kappa shape index (κ2) is 11.4. The Morgan fingerprint density at radius 3 is 2.19 bits per heavy atom. The van der Waals surface area contributed by atoms with Gasteiger partial charge in [0.15, 0.2) is 0 Å². The summed E-state index contributed by atoms with van der Waals surface area (Å²) in [6.45, 7) is 9.47. The van der Waals surface area contributed by atoms with E-state index in [1.807, 2.05) is 45.0 Å². The number of nitrogens with zero attached hydrogens (tertiary/aromatic N) is 1. The summed E-state index contributed by atoms with van der Waals surface area (Å²) in [5, 5.41) is 3.42. The third kappa shape index (κ3) is 6.02. The molecule has 0 saturated heterocycles. The van der Waals surface area contributed by atoms with Crippen molar-refractivity contribution in [3.63, 3.8) is 0 Å². The smallest absolute Gasteiger partial charge is 0.264 e. The van der Waals surface area contributed by atoms with Gasteiger partial charge in [-0.25, -0.2) is 8.42 Å². The van der Waals surface area contributed by atoms with Crippen LogP contribution in [0.3, 0.4) is 0 Å². The molecule has 0 aliphatic heterocycles. The highest BCUT2D eigenvalue weighted by molar-refractivity contribution is 7.92. The lowest BCUT2D eigenvalue weighted by molar-refractivity contribution is -0.120. The van der Waals surface area contributed by atoms with Crippen molar-refractivity contribution in [2.45, 2.75) is 51.5 Å². The van der Waals surface area contributed by atoms with E-state index in [1.165, 1.54) is 24.3 Å².